The van der Waals surface area contributed by atoms with E-state index in [0.29, 0.717) is 12.5 Å². The van der Waals surface area contributed by atoms with Gasteiger partial charge in [-0.05, 0) is 42.7 Å². The van der Waals surface area contributed by atoms with Gasteiger partial charge in [-0.1, -0.05) is 24.3 Å². The molecule has 27 heavy (non-hydrogen) atoms. The number of rotatable bonds is 7. The number of aryl methyl sites for hydroxylation is 2. The zero-order valence-corrected chi connectivity index (χ0v) is 17.5. The Morgan fingerprint density at radius 3 is 2.67 bits per heavy atom. The van der Waals surface area contributed by atoms with Crippen LogP contribution in [0.15, 0.2) is 72.0 Å². The van der Waals surface area contributed by atoms with Gasteiger partial charge in [-0.25, -0.2) is 0 Å². The second-order valence-corrected chi connectivity index (χ2v) is 5.96. The number of nitrogens with two attached hydrogens (primary N) is 1. The van der Waals surface area contributed by atoms with Gasteiger partial charge in [0.05, 0.1) is 6.20 Å². The second kappa shape index (κ2) is 10.6. The highest BCUT2D eigenvalue weighted by Crippen LogP contribution is 2.23. The lowest BCUT2D eigenvalue weighted by atomic mass is 10.2. The molecule has 0 aliphatic rings. The fourth-order valence-electron chi connectivity index (χ4n) is 2.53. The molecule has 0 spiro atoms. The van der Waals surface area contributed by atoms with Crippen molar-refractivity contribution >= 4 is 35.6 Å². The summed E-state index contributed by atoms with van der Waals surface area (Å²) in [6.07, 6.45) is 5.75. The topological polar surface area (TPSA) is 77.5 Å². The van der Waals surface area contributed by atoms with Gasteiger partial charge in [0.15, 0.2) is 5.96 Å². The maximum Gasteiger partial charge on any atom is 0.193 e. The maximum absolute atomic E-state index is 5.97. The molecule has 3 aromatic rings. The van der Waals surface area contributed by atoms with E-state index >= 15 is 0 Å². The van der Waals surface area contributed by atoms with Crippen LogP contribution in [0.25, 0.3) is 0 Å². The molecule has 142 valence electrons. The van der Waals surface area contributed by atoms with E-state index in [2.05, 4.69) is 15.4 Å². The molecule has 0 aliphatic carbocycles. The standard InChI is InChI=1S/C20H23N5O.HI/c1-25-15-16(14-23-25)7-6-12-22-20(21)24-17-8-5-11-19(13-17)26-18-9-3-2-4-10-18;/h2-5,8-11,13-15H,6-7,12H2,1H3,(H3,21,22,24);1H. The van der Waals surface area contributed by atoms with Crippen LogP contribution >= 0.6 is 24.0 Å². The summed E-state index contributed by atoms with van der Waals surface area (Å²) in [4.78, 5) is 4.37. The van der Waals surface area contributed by atoms with Gasteiger partial charge >= 0.3 is 0 Å². The van der Waals surface area contributed by atoms with Crippen LogP contribution in [0, 0.1) is 0 Å². The van der Waals surface area contributed by atoms with E-state index < -0.39 is 0 Å². The number of guanidine groups is 1. The molecule has 0 fully saturated rings. The molecule has 6 nitrogen and oxygen atoms in total. The summed E-state index contributed by atoms with van der Waals surface area (Å²) < 4.78 is 7.63. The Morgan fingerprint density at radius 1 is 1.15 bits per heavy atom. The third-order valence-corrected chi connectivity index (χ3v) is 3.75. The van der Waals surface area contributed by atoms with Gasteiger partial charge in [0.25, 0.3) is 0 Å². The van der Waals surface area contributed by atoms with Crippen LogP contribution in [0.4, 0.5) is 5.69 Å². The molecule has 3 N–H and O–H groups in total. The van der Waals surface area contributed by atoms with Crippen molar-refractivity contribution in [3.63, 3.8) is 0 Å². The second-order valence-electron chi connectivity index (χ2n) is 5.96. The van der Waals surface area contributed by atoms with Crippen molar-refractivity contribution in [3.8, 4) is 11.5 Å². The predicted octanol–water partition coefficient (Wildman–Crippen LogP) is 4.19. The average Bonchev–Trinajstić information content (AvgIpc) is 3.05. The SMILES string of the molecule is Cn1cc(CCCN=C(N)Nc2cccc(Oc3ccccc3)c2)cn1.I. The summed E-state index contributed by atoms with van der Waals surface area (Å²) in [5, 5.41) is 7.26. The molecule has 7 heteroatoms. The quantitative estimate of drug-likeness (QED) is 0.232. The normalized spacial score (nSPS) is 10.9. The van der Waals surface area contributed by atoms with Crippen LogP contribution in [-0.4, -0.2) is 22.3 Å². The molecule has 0 atom stereocenters. The van der Waals surface area contributed by atoms with Gasteiger partial charge in [0.2, 0.25) is 0 Å². The van der Waals surface area contributed by atoms with Crippen LogP contribution in [0.3, 0.4) is 0 Å². The molecule has 0 radical (unpaired) electrons. The third-order valence-electron chi connectivity index (χ3n) is 3.75. The summed E-state index contributed by atoms with van der Waals surface area (Å²) in [6.45, 7) is 0.661. The molecule has 0 unspecified atom stereocenters. The van der Waals surface area contributed by atoms with E-state index in [9.17, 15) is 0 Å². The molecular weight excluding hydrogens is 453 g/mol. The number of halogens is 1. The van der Waals surface area contributed by atoms with Gasteiger partial charge in [-0.3, -0.25) is 9.67 Å². The first kappa shape index (κ1) is 20.8. The predicted molar refractivity (Wildman–Crippen MR) is 120 cm³/mol. The van der Waals surface area contributed by atoms with Crippen LogP contribution in [-0.2, 0) is 13.5 Å². The zero-order chi connectivity index (χ0) is 18.2. The van der Waals surface area contributed by atoms with Crippen molar-refractivity contribution in [2.24, 2.45) is 17.8 Å². The summed E-state index contributed by atoms with van der Waals surface area (Å²) in [6, 6.07) is 17.3. The Hall–Kier alpha value is -2.55. The minimum Gasteiger partial charge on any atom is -0.457 e. The molecule has 1 heterocycles. The number of hydrogen-bond acceptors (Lipinski definition) is 3. The highest BCUT2D eigenvalue weighted by Gasteiger charge is 2.01. The summed E-state index contributed by atoms with van der Waals surface area (Å²) in [7, 11) is 1.92. The number of ether oxygens (including phenoxy) is 1. The Bertz CT molecular complexity index is 864. The largest absolute Gasteiger partial charge is 0.457 e. The van der Waals surface area contributed by atoms with E-state index in [1.54, 1.807) is 4.68 Å². The number of anilines is 1. The van der Waals surface area contributed by atoms with E-state index in [0.717, 1.165) is 30.0 Å². The zero-order valence-electron chi connectivity index (χ0n) is 15.2. The monoisotopic (exact) mass is 477 g/mol. The number of para-hydroxylation sites is 1. The van der Waals surface area contributed by atoms with Crippen LogP contribution in [0.2, 0.25) is 0 Å². The highest BCUT2D eigenvalue weighted by atomic mass is 127. The molecule has 3 rings (SSSR count). The first-order valence-electron chi connectivity index (χ1n) is 8.56. The lowest BCUT2D eigenvalue weighted by Gasteiger charge is -2.09. The van der Waals surface area contributed by atoms with Gasteiger partial charge in [-0.15, -0.1) is 24.0 Å². The Labute approximate surface area is 176 Å². The van der Waals surface area contributed by atoms with Crippen LogP contribution in [0.1, 0.15) is 12.0 Å². The average molecular weight is 477 g/mol. The maximum atomic E-state index is 5.97. The van der Waals surface area contributed by atoms with E-state index in [1.165, 1.54) is 5.56 Å². The number of hydrogen-bond donors (Lipinski definition) is 2. The molecule has 1 aromatic heterocycles. The summed E-state index contributed by atoms with van der Waals surface area (Å²) in [5.41, 5.74) is 8.02. The molecule has 2 aromatic carbocycles. The van der Waals surface area contributed by atoms with Gasteiger partial charge in [0.1, 0.15) is 11.5 Å². The lowest BCUT2D eigenvalue weighted by Crippen LogP contribution is -2.22. The number of benzene rings is 2. The van der Waals surface area contributed by atoms with Gasteiger partial charge < -0.3 is 15.8 Å². The molecule has 0 amide bonds. The van der Waals surface area contributed by atoms with Crippen molar-refractivity contribution in [1.82, 2.24) is 9.78 Å². The number of nitrogens with one attached hydrogen (secondary N) is 1. The van der Waals surface area contributed by atoms with Gasteiger partial charge in [-0.2, -0.15) is 5.10 Å². The van der Waals surface area contributed by atoms with E-state index in [1.807, 2.05) is 74.0 Å². The molecule has 0 saturated heterocycles. The first-order valence-corrected chi connectivity index (χ1v) is 8.56. The van der Waals surface area contributed by atoms with Crippen molar-refractivity contribution in [2.45, 2.75) is 12.8 Å². The van der Waals surface area contributed by atoms with Crippen LogP contribution < -0.4 is 15.8 Å². The number of aliphatic imine (C=N–C) groups is 1. The van der Waals surface area contributed by atoms with Crippen molar-refractivity contribution in [2.75, 3.05) is 11.9 Å². The smallest absolute Gasteiger partial charge is 0.193 e. The fraction of sp³-hybridized carbons (Fsp3) is 0.200. The molecule has 0 saturated carbocycles. The van der Waals surface area contributed by atoms with E-state index in [-0.39, 0.29) is 24.0 Å². The van der Waals surface area contributed by atoms with Crippen LogP contribution in [0.5, 0.6) is 11.5 Å². The van der Waals surface area contributed by atoms with Crippen molar-refractivity contribution in [1.29, 1.82) is 0 Å². The number of nitrogens with zero attached hydrogens (tertiary/aromatic N) is 3. The number of aromatic nitrogens is 2. The first-order chi connectivity index (χ1) is 12.7. The minimum absolute atomic E-state index is 0. The van der Waals surface area contributed by atoms with E-state index in [4.69, 9.17) is 10.5 Å². The van der Waals surface area contributed by atoms with Crippen molar-refractivity contribution < 1.29 is 4.74 Å². The Morgan fingerprint density at radius 2 is 1.93 bits per heavy atom. The van der Waals surface area contributed by atoms with Crippen molar-refractivity contribution in [3.05, 3.63) is 72.6 Å². The Balaban J connectivity index is 0.00000261. The fourth-order valence-corrected chi connectivity index (χ4v) is 2.53. The molecular formula is C20H24IN5O. The molecule has 0 bridgehead atoms. The third kappa shape index (κ3) is 6.93. The Kier molecular flexibility index (Phi) is 8.12. The molecule has 0 aliphatic heterocycles. The summed E-state index contributed by atoms with van der Waals surface area (Å²) >= 11 is 0. The van der Waals surface area contributed by atoms with Gasteiger partial charge in [0, 0.05) is 31.5 Å². The lowest BCUT2D eigenvalue weighted by molar-refractivity contribution is 0.483. The minimum atomic E-state index is 0. The summed E-state index contributed by atoms with van der Waals surface area (Å²) in [5.74, 6) is 1.93. The highest BCUT2D eigenvalue weighted by molar-refractivity contribution is 14.0.